The number of halogens is 12. The summed E-state index contributed by atoms with van der Waals surface area (Å²) in [5, 5.41) is 62.3. The van der Waals surface area contributed by atoms with Gasteiger partial charge in [-0.3, -0.25) is 23.9 Å². The molecule has 0 saturated carbocycles. The molecule has 8 rings (SSSR count). The molecule has 0 amide bonds. The summed E-state index contributed by atoms with van der Waals surface area (Å²) in [5.74, 6) is -1.75. The maximum Gasteiger partial charge on any atom is 1.00 e. The van der Waals surface area contributed by atoms with E-state index < -0.39 is 93.1 Å². The number of nitrogens with zero attached hydrogens (tertiary/aromatic N) is 19. The topological polar surface area (TPSA) is 609 Å². The van der Waals surface area contributed by atoms with Gasteiger partial charge in [0.15, 0.2) is 38.1 Å². The first-order chi connectivity index (χ1) is 56.6. The van der Waals surface area contributed by atoms with Gasteiger partial charge in [0.25, 0.3) is 28.1 Å². The summed E-state index contributed by atoms with van der Waals surface area (Å²) in [6.45, 7) is 9.99. The van der Waals surface area contributed by atoms with Crippen molar-refractivity contribution in [1.82, 2.24) is 57.7 Å². The van der Waals surface area contributed by atoms with Gasteiger partial charge in [-0.05, 0) is 85.0 Å². The number of hydrogen-bond acceptors (Lipinski definition) is 37. The Morgan fingerprint density at radius 2 is 0.730 bits per heavy atom. The van der Waals surface area contributed by atoms with Crippen LogP contribution in [0.25, 0.3) is 0 Å². The summed E-state index contributed by atoms with van der Waals surface area (Å²) in [6.07, 6.45) is 15.3. The number of rotatable bonds is 30. The Hall–Kier alpha value is -5.57. The number of aromatic nitrogens is 12. The molecule has 6 aromatic heterocycles. The quantitative estimate of drug-likeness (QED) is 0.00716. The third-order valence-electron chi connectivity index (χ3n) is 11.3. The van der Waals surface area contributed by atoms with Crippen LogP contribution in [0.3, 0.4) is 0 Å². The van der Waals surface area contributed by atoms with E-state index in [-0.39, 0.29) is 107 Å². The number of carbonyl (C=O) groups is 5. The minimum absolute atomic E-state index is 0. The number of nitro groups is 6. The van der Waals surface area contributed by atoms with Crippen LogP contribution in [0.2, 0.25) is 0 Å². The van der Waals surface area contributed by atoms with Crippen molar-refractivity contribution in [2.75, 3.05) is 85.2 Å². The Balaban J connectivity index is -0.000000427. The fraction of sp³-hybridized carbons (Fsp3) is 0.375. The van der Waals surface area contributed by atoms with E-state index in [9.17, 15) is 110 Å². The monoisotopic (exact) mass is 2180 g/mol. The molecule has 0 fully saturated rings. The summed E-state index contributed by atoms with van der Waals surface area (Å²) in [4.78, 5) is 136. The van der Waals surface area contributed by atoms with Crippen molar-refractivity contribution < 1.29 is 130 Å². The predicted molar refractivity (Wildman–Crippen MR) is 480 cm³/mol. The third-order valence-corrected chi connectivity index (χ3v) is 18.3. The van der Waals surface area contributed by atoms with Crippen molar-refractivity contribution >= 4 is 312 Å². The van der Waals surface area contributed by atoms with Crippen LogP contribution in [-0.4, -0.2) is 203 Å². The van der Waals surface area contributed by atoms with Crippen molar-refractivity contribution in [1.29, 1.82) is 0 Å². The number of thioether (sulfide) groups is 4. The van der Waals surface area contributed by atoms with E-state index in [0.717, 1.165) is 116 Å². The number of benzene rings is 2. The number of nitrogens with two attached hydrogens (primary N) is 1. The molecule has 0 bridgehead atoms. The molecule has 676 valence electrons. The average molecular weight is 2190 g/mol. The van der Waals surface area contributed by atoms with Crippen LogP contribution < -0.4 is 71.6 Å². The number of carbonyl (C=O) groups excluding carboxylic acids is 5. The largest absolute Gasteiger partial charge is 1.00 e. The van der Waals surface area contributed by atoms with Gasteiger partial charge in [0.1, 0.15) is 79.9 Å². The van der Waals surface area contributed by atoms with E-state index in [1.165, 1.54) is 93.3 Å². The molecule has 122 heavy (non-hydrogen) atoms. The number of H-pyrrole nitrogens is 1. The van der Waals surface area contributed by atoms with Crippen molar-refractivity contribution in [2.45, 2.75) is 64.0 Å². The molecule has 0 aliphatic heterocycles. The number of alkyl halides is 8. The molecular formula is C56H71BrCl11KN22O23S8. The van der Waals surface area contributed by atoms with Crippen LogP contribution >= 0.6 is 187 Å². The molecule has 0 atom stereocenters. The Labute approximate surface area is 823 Å². The number of imidazole rings is 6. The zero-order chi connectivity index (χ0) is 93.6. The maximum absolute atomic E-state index is 12.2. The zero-order valence-electron chi connectivity index (χ0n) is 63.6. The molecule has 0 unspecified atom stereocenters. The van der Waals surface area contributed by atoms with Gasteiger partial charge in [0.2, 0.25) is 0 Å². The number of sulfonamides is 1. The predicted octanol–water partition coefficient (Wildman–Crippen LogP) is 11.0. The van der Waals surface area contributed by atoms with E-state index in [1.807, 2.05) is 29.2 Å². The molecule has 8 aromatic rings. The molecule has 0 spiro atoms. The minimum Gasteiger partial charge on any atom is -0.742 e. The summed E-state index contributed by atoms with van der Waals surface area (Å²) >= 11 is 49.3. The number of nitrogens with one attached hydrogen (secondary N) is 2. The van der Waals surface area contributed by atoms with Crippen LogP contribution in [0.4, 0.5) is 58.4 Å². The first-order valence-corrected chi connectivity index (χ1v) is 48.2. The van der Waals surface area contributed by atoms with Gasteiger partial charge in [-0.1, -0.05) is 92.9 Å². The van der Waals surface area contributed by atoms with Crippen molar-refractivity contribution in [3.63, 3.8) is 0 Å². The molecule has 0 aliphatic carbocycles. The summed E-state index contributed by atoms with van der Waals surface area (Å²) < 4.78 is 74.4. The number of nitrogen functional groups attached to an aromatic ring is 1. The molecule has 66 heteroatoms. The third kappa shape index (κ3) is 64.2. The van der Waals surface area contributed by atoms with Gasteiger partial charge in [-0.25, -0.2) is 53.1 Å². The number of aromatic amines is 1. The average Bonchev–Trinajstić information content (AvgIpc) is 1.53. The second-order valence-corrected chi connectivity index (χ2v) is 36.6. The van der Waals surface area contributed by atoms with Gasteiger partial charge in [-0.2, -0.15) is 0 Å². The fourth-order valence-electron chi connectivity index (χ4n) is 7.00. The van der Waals surface area contributed by atoms with E-state index in [2.05, 4.69) is 94.8 Å². The second-order valence-electron chi connectivity index (χ2n) is 20.1. The molecule has 0 saturated heterocycles. The Morgan fingerprint density at radius 1 is 0.467 bits per heavy atom. The number of hydrogen-bond donors (Lipinski definition) is 3. The molecule has 45 nitrogen and oxygen atoms in total. The standard InChI is InChI=1S/C14H17Cl2N5O4S.C10H14Cl2N2.2C6H7N3O3S.2C4H4ClN3O4S.2C3H5ClOS.C3H3N3O2.C2H4OS.CH2BrCl.Cl2.K/c15-5-8-19(9-6-16)13-3-1-12(2-4-13)18-26(24,25)11-20-10-7-17-14(20)21(22)23;11-5-7-14(8-6-12)10-3-1-9(13)2-4-10;2*1-5(10)13-4-8-3-2-7-6(8)9(11)12;2*5-13(11,12)3-7-2-1-6-4(7)8(9)10;2*1-3(5)6-2-4;7-6(8)3-4-1-2-5-3;1-2(3)4;2-1-3;1-2;/h1-4,7,10,18H,5-6,8-9,11H2;1-4H,5-8,13H2;2*2-3H,4H2,1H3;2*1-2H,3H2;2*2H2,1H3;1-2H,(H,4,5);1H3,(H,3,4);1H2;;/q;;;;;;;;;;;;+1/p-1. The van der Waals surface area contributed by atoms with E-state index in [0.29, 0.717) is 57.5 Å². The van der Waals surface area contributed by atoms with E-state index >= 15 is 0 Å². The SMILES string of the molecule is CC(=O)SCCl.CC(=O)SCCl.CC(=O)SCn1ccnc1[N+](=O)[O-].CC(=O)SCn1ccnc1[N+](=O)[O-].CC(=O)[S-].ClCBr.ClCl.Nc1ccc(N(CCCl)CCCl)cc1.O=[N+]([O-])c1ncc[nH]1.O=[N+]([O-])c1nccn1CS(=O)(=O)Cl.O=[N+]([O-])c1nccn1CS(=O)(=O)Cl.O=[N+]([O-])c1nccn1CS(=O)(=O)Nc1ccc(N(CCCl)CCCl)cc1.[K+]. The Morgan fingerprint density at radius 3 is 0.943 bits per heavy atom. The first-order valence-electron chi connectivity index (χ1n) is 31.2. The smallest absolute Gasteiger partial charge is 0.742 e. The van der Waals surface area contributed by atoms with Crippen LogP contribution in [0, 0.1) is 60.7 Å². The molecular weight excluding hydrogens is 2110 g/mol. The molecule has 4 N–H and O–H groups in total. The normalized spacial score (nSPS) is 9.94. The van der Waals surface area contributed by atoms with E-state index in [4.69, 9.17) is 108 Å². The van der Waals surface area contributed by atoms with E-state index in [1.54, 1.807) is 24.3 Å². The number of anilines is 4. The maximum atomic E-state index is 12.2. The van der Waals surface area contributed by atoms with Gasteiger partial charge in [-0.15, -0.1) is 81.2 Å². The first kappa shape index (κ1) is 125. The summed E-state index contributed by atoms with van der Waals surface area (Å²) in [5.41, 5.74) is 8.69. The fourth-order valence-corrected chi connectivity index (χ4v) is 12.9. The van der Waals surface area contributed by atoms with Crippen molar-refractivity contribution in [2.24, 2.45) is 0 Å². The molecule has 0 aliphatic rings. The molecule has 6 heterocycles. The van der Waals surface area contributed by atoms with Crippen LogP contribution in [0.15, 0.2) is 123 Å². The van der Waals surface area contributed by atoms with Gasteiger partial charge in [0, 0.05) is 148 Å². The van der Waals surface area contributed by atoms with Crippen LogP contribution in [0.1, 0.15) is 34.6 Å². The van der Waals surface area contributed by atoms with Gasteiger partial charge in [0.05, 0.1) is 21.4 Å². The Bertz CT molecular complexity index is 4600. The Kier molecular flexibility index (Phi) is 74.2. The van der Waals surface area contributed by atoms with Crippen molar-refractivity contribution in [3.05, 3.63) is 184 Å². The summed E-state index contributed by atoms with van der Waals surface area (Å²) in [6, 6.07) is 14.4. The molecule has 0 radical (unpaired) electrons. The van der Waals surface area contributed by atoms with Gasteiger partial charge >= 0.3 is 87.1 Å². The molecule has 2 aromatic carbocycles. The minimum atomic E-state index is -3.85. The second kappa shape index (κ2) is 72.5. The summed E-state index contributed by atoms with van der Waals surface area (Å²) in [7, 11) is 6.55. The van der Waals surface area contributed by atoms with Crippen LogP contribution in [0.5, 0.6) is 0 Å². The van der Waals surface area contributed by atoms with Gasteiger partial charge < -0.3 is 93.6 Å². The zero-order valence-corrected chi connectivity index (χ0v) is 83.2. The van der Waals surface area contributed by atoms with Crippen molar-refractivity contribution in [3.8, 4) is 0 Å². The van der Waals surface area contributed by atoms with Crippen LogP contribution in [-0.2, 0) is 94.1 Å².